The second kappa shape index (κ2) is 19.1. The predicted octanol–water partition coefficient (Wildman–Crippen LogP) is 8.95. The first-order valence-corrected chi connectivity index (χ1v) is 24.2. The number of halogens is 6. The number of alkyl halides is 3. The van der Waals surface area contributed by atoms with Gasteiger partial charge >= 0.3 is 6.18 Å². The highest BCUT2D eigenvalue weighted by atomic mass is 35.5. The van der Waals surface area contributed by atoms with E-state index in [9.17, 15) is 45.8 Å². The molecule has 2 unspecified atom stereocenters. The summed E-state index contributed by atoms with van der Waals surface area (Å²) in [7, 11) is -3.21. The zero-order chi connectivity index (χ0) is 46.1. The molecule has 0 bridgehead atoms. The zero-order valence-electron chi connectivity index (χ0n) is 35.3. The summed E-state index contributed by atoms with van der Waals surface area (Å²) in [5, 5.41) is 9.49. The number of amides is 3. The average Bonchev–Trinajstić information content (AvgIpc) is 3.49. The lowest BCUT2D eigenvalue weighted by Crippen LogP contribution is -2.55. The lowest BCUT2D eigenvalue weighted by Gasteiger charge is -2.31. The number of aromatic nitrogens is 2. The Kier molecular flexibility index (Phi) is 14.1. The number of benzene rings is 2. The summed E-state index contributed by atoms with van der Waals surface area (Å²) in [4.78, 5) is 64.3. The van der Waals surface area contributed by atoms with Crippen LogP contribution in [0.5, 0.6) is 11.5 Å². The number of hydrogen-bond donors (Lipinski definition) is 4. The smallest absolute Gasteiger partial charge is 0.397 e. The van der Waals surface area contributed by atoms with Crippen molar-refractivity contribution in [1.82, 2.24) is 25.5 Å². The molecular weight excluding hydrogens is 906 g/mol. The third kappa shape index (κ3) is 10.4. The maximum atomic E-state index is 14.9. The number of rotatable bonds is 11. The molecule has 21 heteroatoms. The van der Waals surface area contributed by atoms with E-state index in [2.05, 4.69) is 20.9 Å². The minimum Gasteiger partial charge on any atom is -0.495 e. The van der Waals surface area contributed by atoms with Crippen LogP contribution in [0, 0.1) is 17.6 Å². The Hall–Kier alpha value is -4.58. The van der Waals surface area contributed by atoms with Crippen LogP contribution in [0.4, 0.5) is 27.1 Å². The molecular formula is C43H49ClF5N6O7PS. The summed E-state index contributed by atoms with van der Waals surface area (Å²) in [5.41, 5.74) is 0.541. The van der Waals surface area contributed by atoms with Crippen LogP contribution in [-0.2, 0) is 25.1 Å². The van der Waals surface area contributed by atoms with E-state index in [1.165, 1.54) is 18.4 Å². The number of carbonyl (C=O) groups excluding carboxylic acids is 3. The van der Waals surface area contributed by atoms with Gasteiger partial charge in [-0.3, -0.25) is 18.9 Å². The van der Waals surface area contributed by atoms with Crippen molar-refractivity contribution >= 4 is 64.1 Å². The molecule has 13 nitrogen and oxygen atoms in total. The third-order valence-electron chi connectivity index (χ3n) is 11.9. The number of thiazole rings is 1. The molecule has 1 saturated carbocycles. The third-order valence-corrected chi connectivity index (χ3v) is 15.7. The van der Waals surface area contributed by atoms with Crippen molar-refractivity contribution in [1.29, 1.82) is 0 Å². The molecule has 4 aromatic rings. The fraction of sp³-hybridized carbons (Fsp3) is 0.512. The number of carbonyl (C=O) groups is 3. The number of pyridine rings is 1. The first-order valence-electron chi connectivity index (χ1n) is 21.1. The Morgan fingerprint density at radius 1 is 1.06 bits per heavy atom. The van der Waals surface area contributed by atoms with Gasteiger partial charge in [0.1, 0.15) is 63.7 Å². The number of anilines is 1. The fourth-order valence-corrected chi connectivity index (χ4v) is 12.3. The number of nitrogens with zero attached hydrogens (tertiary/aromatic N) is 3. The van der Waals surface area contributed by atoms with Gasteiger partial charge in [-0.05, 0) is 63.3 Å². The van der Waals surface area contributed by atoms with Crippen LogP contribution in [-0.4, -0.2) is 86.8 Å². The lowest BCUT2D eigenvalue weighted by molar-refractivity contribution is -0.156. The van der Waals surface area contributed by atoms with Crippen LogP contribution >= 0.6 is 30.3 Å². The number of ether oxygens (including phenoxy) is 2. The molecule has 4 heterocycles. The Labute approximate surface area is 375 Å². The number of hydrogen-bond acceptors (Lipinski definition) is 10. The molecule has 1 aliphatic carbocycles. The SMILES string of the molecule is COc1ccc2c(O[C@@H]3C[C@H]4C(=O)N[C@]5(P(=O)(O)Cc6c(F)cccc6F)C[C@H]5CCCCCCCC(NC(=O)CC(F)(F)F)C(=O)N4C3)cc(-c3csc(NC(C)C)n3)nc2c1Cl. The number of nitrogens with one attached hydrogen (secondary N) is 3. The molecule has 7 rings (SSSR count). The molecule has 2 aromatic heterocycles. The standard InChI is InChI=1S/C43H49ClF5N6O7PS/c1-23(2)50-41-53-32(22-64-41)31-17-35(26-14-15-34(61-3)37(44)38(26)52-31)62-25-16-33-39(57)54-42(63(59,60)21-27-28(45)11-9-12-29(27)46)18-24(42)10-7-5-4-6-8-13-30(40(58)55(33)20-25)51-36(56)19-43(47,48)49/h9,11-12,14-15,17,22-25,30,33H,4-8,10,13,16,18-21H2,1-3H3,(H,50,53)(H,51,56)(H,54,57)(H,59,60)/t24-,25-,30?,33+,42+/m1/s1. The van der Waals surface area contributed by atoms with Gasteiger partial charge in [0.15, 0.2) is 5.13 Å². The molecule has 0 spiro atoms. The van der Waals surface area contributed by atoms with E-state index in [1.54, 1.807) is 23.6 Å². The number of methoxy groups -OCH3 is 1. The first-order chi connectivity index (χ1) is 30.3. The minimum atomic E-state index is -4.86. The monoisotopic (exact) mass is 954 g/mol. The topological polar surface area (TPSA) is 172 Å². The molecule has 4 N–H and O–H groups in total. The van der Waals surface area contributed by atoms with E-state index in [0.29, 0.717) is 71.7 Å². The van der Waals surface area contributed by atoms with Gasteiger partial charge in [-0.2, -0.15) is 13.2 Å². The summed E-state index contributed by atoms with van der Waals surface area (Å²) in [6, 6.07) is 5.20. The van der Waals surface area contributed by atoms with E-state index in [0.717, 1.165) is 23.1 Å². The summed E-state index contributed by atoms with van der Waals surface area (Å²) < 4.78 is 96.4. The molecule has 64 heavy (non-hydrogen) atoms. The van der Waals surface area contributed by atoms with Crippen LogP contribution < -0.4 is 25.4 Å². The van der Waals surface area contributed by atoms with Gasteiger partial charge < -0.3 is 35.2 Å². The second-order valence-electron chi connectivity index (χ2n) is 16.9. The second-order valence-corrected chi connectivity index (χ2v) is 20.7. The molecule has 3 amide bonds. The Balaban J connectivity index is 1.26. The van der Waals surface area contributed by atoms with Crippen LogP contribution in [0.1, 0.15) is 83.6 Å². The first kappa shape index (κ1) is 47.4. The molecule has 3 fully saturated rings. The van der Waals surface area contributed by atoms with Crippen molar-refractivity contribution < 1.29 is 55.3 Å². The Bertz CT molecular complexity index is 2440. The predicted molar refractivity (Wildman–Crippen MR) is 231 cm³/mol. The van der Waals surface area contributed by atoms with Gasteiger partial charge in [0.2, 0.25) is 25.1 Å². The van der Waals surface area contributed by atoms with Gasteiger partial charge in [0, 0.05) is 34.9 Å². The van der Waals surface area contributed by atoms with Crippen molar-refractivity contribution in [2.45, 2.75) is 120 Å². The van der Waals surface area contributed by atoms with Crippen molar-refractivity contribution in [2.24, 2.45) is 5.92 Å². The molecule has 3 aliphatic rings. The zero-order valence-corrected chi connectivity index (χ0v) is 37.7. The van der Waals surface area contributed by atoms with Gasteiger partial charge in [0.25, 0.3) is 0 Å². The molecule has 2 aliphatic heterocycles. The van der Waals surface area contributed by atoms with Gasteiger partial charge in [-0.25, -0.2) is 18.7 Å². The average molecular weight is 955 g/mol. The summed E-state index contributed by atoms with van der Waals surface area (Å²) in [5.74, 6) is -5.17. The maximum absolute atomic E-state index is 14.9. The minimum absolute atomic E-state index is 0.0224. The maximum Gasteiger partial charge on any atom is 0.397 e. The van der Waals surface area contributed by atoms with E-state index in [4.69, 9.17) is 26.1 Å². The van der Waals surface area contributed by atoms with E-state index in [1.807, 2.05) is 13.8 Å². The van der Waals surface area contributed by atoms with Gasteiger partial charge in [-0.15, -0.1) is 11.3 Å². The highest BCUT2D eigenvalue weighted by Crippen LogP contribution is 2.71. The van der Waals surface area contributed by atoms with Crippen molar-refractivity contribution in [3.63, 3.8) is 0 Å². The normalized spacial score (nSPS) is 24.2. The van der Waals surface area contributed by atoms with Crippen molar-refractivity contribution in [2.75, 3.05) is 19.0 Å². The van der Waals surface area contributed by atoms with E-state index < -0.39 is 90.4 Å². The largest absolute Gasteiger partial charge is 0.495 e. The molecule has 0 radical (unpaired) electrons. The van der Waals surface area contributed by atoms with Gasteiger partial charge in [0.05, 0.1) is 31.0 Å². The lowest BCUT2D eigenvalue weighted by atomic mass is 10.0. The molecule has 6 atom stereocenters. The van der Waals surface area contributed by atoms with Crippen molar-refractivity contribution in [3.05, 3.63) is 64.0 Å². The fourth-order valence-electron chi connectivity index (χ4n) is 8.67. The Morgan fingerprint density at radius 2 is 1.77 bits per heavy atom. The van der Waals surface area contributed by atoms with Crippen LogP contribution in [0.25, 0.3) is 22.3 Å². The van der Waals surface area contributed by atoms with Gasteiger partial charge in [-0.1, -0.05) is 49.8 Å². The van der Waals surface area contributed by atoms with Crippen LogP contribution in [0.15, 0.2) is 41.8 Å². The Morgan fingerprint density at radius 3 is 2.45 bits per heavy atom. The molecule has 2 saturated heterocycles. The number of fused-ring (bicyclic) bond motifs is 3. The summed E-state index contributed by atoms with van der Waals surface area (Å²) in [6.45, 7) is 3.63. The highest BCUT2D eigenvalue weighted by molar-refractivity contribution is 7.59. The van der Waals surface area contributed by atoms with Crippen LogP contribution in [0.3, 0.4) is 0 Å². The van der Waals surface area contributed by atoms with E-state index in [-0.39, 0.29) is 42.6 Å². The quantitative estimate of drug-likeness (QED) is 0.0841. The summed E-state index contributed by atoms with van der Waals surface area (Å²) in [6.07, 6.45) is -5.54. The molecule has 2 aromatic carbocycles. The molecule has 346 valence electrons. The van der Waals surface area contributed by atoms with Crippen LogP contribution in [0.2, 0.25) is 5.02 Å². The van der Waals surface area contributed by atoms with E-state index >= 15 is 0 Å². The summed E-state index contributed by atoms with van der Waals surface area (Å²) >= 11 is 8.15. The highest BCUT2D eigenvalue weighted by Gasteiger charge is 2.66. The van der Waals surface area contributed by atoms with Crippen molar-refractivity contribution in [3.8, 4) is 22.9 Å².